The Labute approximate surface area is 185 Å². The van der Waals surface area contributed by atoms with Crippen molar-refractivity contribution in [1.82, 2.24) is 9.21 Å². The van der Waals surface area contributed by atoms with E-state index in [1.165, 1.54) is 22.5 Å². The molecule has 2 aromatic rings. The molecule has 1 N–H and O–H groups in total. The normalized spacial score (nSPS) is 16.6. The van der Waals surface area contributed by atoms with Crippen LogP contribution in [-0.2, 0) is 14.8 Å². The van der Waals surface area contributed by atoms with Crippen LogP contribution in [0.4, 0.5) is 11.4 Å². The maximum absolute atomic E-state index is 12.9. The van der Waals surface area contributed by atoms with Gasteiger partial charge in [-0.05, 0) is 37.6 Å². The van der Waals surface area contributed by atoms with Crippen LogP contribution in [0.3, 0.4) is 0 Å². The molecule has 2 aromatic carbocycles. The van der Waals surface area contributed by atoms with Crippen LogP contribution in [-0.4, -0.2) is 60.7 Å². The van der Waals surface area contributed by atoms with Gasteiger partial charge in [0.25, 0.3) is 5.69 Å². The first kappa shape index (κ1) is 23.1. The number of anilines is 1. The molecule has 0 aromatic heterocycles. The number of nitro benzene ring substituents is 1. The maximum atomic E-state index is 12.9. The largest absolute Gasteiger partial charge is 0.324 e. The number of carbonyl (C=O) groups excluding carboxylic acids is 1. The van der Waals surface area contributed by atoms with Crippen LogP contribution in [0.25, 0.3) is 0 Å². The Morgan fingerprint density at radius 1 is 1.16 bits per heavy atom. The zero-order valence-corrected chi connectivity index (χ0v) is 18.7. The SMILES string of the molecule is Cc1c(Cl)cccc1NC(=O)[C@H](C)N1CCN(S(=O)(=O)c2cccc([N+](=O)[O-])c2)CC1. The zero-order valence-electron chi connectivity index (χ0n) is 17.1. The molecule has 1 saturated heterocycles. The van der Waals surface area contributed by atoms with Gasteiger partial charge in [0, 0.05) is 49.0 Å². The van der Waals surface area contributed by atoms with Gasteiger partial charge in [-0.3, -0.25) is 19.8 Å². The lowest BCUT2D eigenvalue weighted by Crippen LogP contribution is -2.53. The number of carbonyl (C=O) groups is 1. The van der Waals surface area contributed by atoms with Crippen molar-refractivity contribution in [1.29, 1.82) is 0 Å². The predicted octanol–water partition coefficient (Wildman–Crippen LogP) is 2.89. The summed E-state index contributed by atoms with van der Waals surface area (Å²) in [5.74, 6) is -0.208. The van der Waals surface area contributed by atoms with Gasteiger partial charge in [0.15, 0.2) is 0 Å². The number of sulfonamides is 1. The molecule has 3 rings (SSSR count). The molecule has 0 aliphatic carbocycles. The van der Waals surface area contributed by atoms with Gasteiger partial charge in [-0.25, -0.2) is 8.42 Å². The van der Waals surface area contributed by atoms with Gasteiger partial charge in [-0.1, -0.05) is 23.7 Å². The average molecular weight is 467 g/mol. The third-order valence-corrected chi connectivity index (χ3v) is 7.70. The Morgan fingerprint density at radius 2 is 1.81 bits per heavy atom. The monoisotopic (exact) mass is 466 g/mol. The van der Waals surface area contributed by atoms with E-state index < -0.39 is 21.0 Å². The topological polar surface area (TPSA) is 113 Å². The summed E-state index contributed by atoms with van der Waals surface area (Å²) in [5, 5.41) is 14.4. The van der Waals surface area contributed by atoms with Crippen molar-refractivity contribution < 1.29 is 18.1 Å². The highest BCUT2D eigenvalue weighted by atomic mass is 35.5. The lowest BCUT2D eigenvalue weighted by atomic mass is 10.1. The van der Waals surface area contributed by atoms with Crippen LogP contribution in [0.5, 0.6) is 0 Å². The predicted molar refractivity (Wildman–Crippen MR) is 118 cm³/mol. The molecule has 1 amide bonds. The number of halogens is 1. The van der Waals surface area contributed by atoms with E-state index in [0.717, 1.165) is 11.6 Å². The number of hydrogen-bond acceptors (Lipinski definition) is 6. The number of piperazine rings is 1. The van der Waals surface area contributed by atoms with Gasteiger partial charge in [0.1, 0.15) is 0 Å². The molecule has 0 radical (unpaired) electrons. The Morgan fingerprint density at radius 3 is 2.45 bits per heavy atom. The summed E-state index contributed by atoms with van der Waals surface area (Å²) in [6, 6.07) is 9.81. The fraction of sp³-hybridized carbons (Fsp3) is 0.350. The van der Waals surface area contributed by atoms with Crippen LogP contribution in [0.15, 0.2) is 47.4 Å². The number of nitrogens with one attached hydrogen (secondary N) is 1. The van der Waals surface area contributed by atoms with Crippen LogP contribution in [0.2, 0.25) is 5.02 Å². The smallest absolute Gasteiger partial charge is 0.270 e. The zero-order chi connectivity index (χ0) is 22.8. The van der Waals surface area contributed by atoms with Crippen LogP contribution in [0.1, 0.15) is 12.5 Å². The van der Waals surface area contributed by atoms with Crippen LogP contribution in [0, 0.1) is 17.0 Å². The van der Waals surface area contributed by atoms with Crippen molar-refractivity contribution in [2.24, 2.45) is 0 Å². The van der Waals surface area contributed by atoms with Crippen molar-refractivity contribution in [3.05, 3.63) is 63.2 Å². The summed E-state index contributed by atoms with van der Waals surface area (Å²) in [5.41, 5.74) is 1.13. The maximum Gasteiger partial charge on any atom is 0.270 e. The third-order valence-electron chi connectivity index (χ3n) is 5.39. The molecule has 1 aliphatic heterocycles. The Balaban J connectivity index is 1.64. The molecule has 166 valence electrons. The van der Waals surface area contributed by atoms with Gasteiger partial charge in [0.2, 0.25) is 15.9 Å². The molecule has 0 saturated carbocycles. The minimum Gasteiger partial charge on any atom is -0.324 e. The first-order chi connectivity index (χ1) is 14.6. The number of rotatable bonds is 6. The van der Waals surface area contributed by atoms with E-state index in [4.69, 9.17) is 11.6 Å². The number of benzene rings is 2. The molecule has 31 heavy (non-hydrogen) atoms. The van der Waals surface area contributed by atoms with Gasteiger partial charge in [-0.2, -0.15) is 4.31 Å². The Hall–Kier alpha value is -2.53. The summed E-state index contributed by atoms with van der Waals surface area (Å²) in [6.07, 6.45) is 0. The molecule has 11 heteroatoms. The molecule has 0 unspecified atom stereocenters. The third kappa shape index (κ3) is 5.04. The molecule has 9 nitrogen and oxygen atoms in total. The summed E-state index contributed by atoms with van der Waals surface area (Å²) >= 11 is 6.10. The second-order valence-corrected chi connectivity index (χ2v) is 9.62. The van der Waals surface area contributed by atoms with Crippen molar-refractivity contribution >= 4 is 38.9 Å². The van der Waals surface area contributed by atoms with E-state index in [9.17, 15) is 23.3 Å². The van der Waals surface area contributed by atoms with Gasteiger partial charge in [0.05, 0.1) is 15.9 Å². The highest BCUT2D eigenvalue weighted by molar-refractivity contribution is 7.89. The highest BCUT2D eigenvalue weighted by Crippen LogP contribution is 2.24. The molecule has 1 fully saturated rings. The molecule has 0 spiro atoms. The quantitative estimate of drug-likeness (QED) is 0.517. The first-order valence-electron chi connectivity index (χ1n) is 9.66. The second-order valence-electron chi connectivity index (χ2n) is 7.27. The van der Waals surface area contributed by atoms with Crippen molar-refractivity contribution in [3.8, 4) is 0 Å². The van der Waals surface area contributed by atoms with Gasteiger partial charge in [-0.15, -0.1) is 0 Å². The van der Waals surface area contributed by atoms with E-state index in [1.807, 2.05) is 11.8 Å². The van der Waals surface area contributed by atoms with Crippen molar-refractivity contribution in [2.45, 2.75) is 24.8 Å². The van der Waals surface area contributed by atoms with E-state index in [2.05, 4.69) is 5.32 Å². The fourth-order valence-electron chi connectivity index (χ4n) is 3.38. The van der Waals surface area contributed by atoms with E-state index in [1.54, 1.807) is 25.1 Å². The van der Waals surface area contributed by atoms with Crippen molar-refractivity contribution in [3.63, 3.8) is 0 Å². The fourth-order valence-corrected chi connectivity index (χ4v) is 5.02. The van der Waals surface area contributed by atoms with Gasteiger partial charge < -0.3 is 5.32 Å². The highest BCUT2D eigenvalue weighted by Gasteiger charge is 2.32. The van der Waals surface area contributed by atoms with Crippen LogP contribution >= 0.6 is 11.6 Å². The minimum absolute atomic E-state index is 0.114. The summed E-state index contributed by atoms with van der Waals surface area (Å²) in [4.78, 5) is 24.8. The molecule has 1 atom stereocenters. The number of nitro groups is 1. The summed E-state index contributed by atoms with van der Waals surface area (Å²) in [6.45, 7) is 4.66. The van der Waals surface area contributed by atoms with Gasteiger partial charge >= 0.3 is 0 Å². The van der Waals surface area contributed by atoms with Crippen molar-refractivity contribution in [2.75, 3.05) is 31.5 Å². The number of non-ortho nitro benzene ring substituents is 1. The number of nitrogens with zero attached hydrogens (tertiary/aromatic N) is 3. The lowest BCUT2D eigenvalue weighted by molar-refractivity contribution is -0.385. The Bertz CT molecular complexity index is 1100. The minimum atomic E-state index is -3.86. The number of hydrogen-bond donors (Lipinski definition) is 1. The molecule has 1 heterocycles. The summed E-state index contributed by atoms with van der Waals surface area (Å²) in [7, 11) is -3.86. The second kappa shape index (κ2) is 9.31. The molecule has 0 bridgehead atoms. The number of amides is 1. The Kier molecular flexibility index (Phi) is 6.95. The first-order valence-corrected chi connectivity index (χ1v) is 11.5. The molecular formula is C20H23ClN4O5S. The van der Waals surface area contributed by atoms with E-state index in [0.29, 0.717) is 23.8 Å². The summed E-state index contributed by atoms with van der Waals surface area (Å²) < 4.78 is 27.0. The van der Waals surface area contributed by atoms with E-state index in [-0.39, 0.29) is 29.6 Å². The standard InChI is InChI=1S/C20H23ClN4O5S/c1-14-18(21)7-4-8-19(14)22-20(26)15(2)23-9-11-24(12-10-23)31(29,30)17-6-3-5-16(13-17)25(27)28/h3-8,13,15H,9-12H2,1-2H3,(H,22,26)/t15-/m0/s1. The average Bonchev–Trinajstić information content (AvgIpc) is 2.76. The molecule has 1 aliphatic rings. The van der Waals surface area contributed by atoms with E-state index >= 15 is 0 Å². The molecular weight excluding hydrogens is 444 g/mol. The lowest BCUT2D eigenvalue weighted by Gasteiger charge is -2.36. The van der Waals surface area contributed by atoms with Crippen LogP contribution < -0.4 is 5.32 Å².